The first kappa shape index (κ1) is 18.6. The summed E-state index contributed by atoms with van der Waals surface area (Å²) in [4.78, 5) is 21.1. The first-order valence-electron chi connectivity index (χ1n) is 9.23. The Balaban J connectivity index is 1.64. The van der Waals surface area contributed by atoms with E-state index in [2.05, 4.69) is 32.7 Å². The number of anilines is 2. The lowest BCUT2D eigenvalue weighted by Gasteiger charge is -2.13. The molecule has 138 valence electrons. The van der Waals surface area contributed by atoms with Crippen LogP contribution in [-0.2, 0) is 0 Å². The molecule has 0 fully saturated rings. The van der Waals surface area contributed by atoms with Gasteiger partial charge in [0.05, 0.1) is 11.6 Å². The molecule has 27 heavy (non-hydrogen) atoms. The van der Waals surface area contributed by atoms with Gasteiger partial charge in [0.1, 0.15) is 17.3 Å². The molecule has 1 aromatic carbocycles. The van der Waals surface area contributed by atoms with Crippen LogP contribution in [0.4, 0.5) is 11.5 Å². The van der Waals surface area contributed by atoms with E-state index in [0.29, 0.717) is 28.6 Å². The third-order valence-corrected chi connectivity index (χ3v) is 4.46. The second kappa shape index (κ2) is 8.95. The predicted octanol–water partition coefficient (Wildman–Crippen LogP) is 4.21. The maximum absolute atomic E-state index is 12.5. The molecular weight excluding hydrogens is 338 g/mol. The van der Waals surface area contributed by atoms with E-state index >= 15 is 0 Å². The summed E-state index contributed by atoms with van der Waals surface area (Å²) in [5.41, 5.74) is 2.85. The molecule has 1 aliphatic carbocycles. The van der Waals surface area contributed by atoms with E-state index in [9.17, 15) is 4.79 Å². The van der Waals surface area contributed by atoms with Gasteiger partial charge in [-0.3, -0.25) is 4.79 Å². The summed E-state index contributed by atoms with van der Waals surface area (Å²) in [5, 5.41) is 15.0. The first-order chi connectivity index (χ1) is 13.1. The zero-order valence-corrected chi connectivity index (χ0v) is 15.5. The smallest absolute Gasteiger partial charge is 0.274 e. The Morgan fingerprint density at radius 3 is 2.93 bits per heavy atom. The average Bonchev–Trinajstić information content (AvgIpc) is 2.68. The highest BCUT2D eigenvalue weighted by atomic mass is 16.1. The van der Waals surface area contributed by atoms with Gasteiger partial charge in [0.2, 0.25) is 0 Å². The minimum absolute atomic E-state index is 0.296. The van der Waals surface area contributed by atoms with Crippen molar-refractivity contribution in [3.05, 3.63) is 59.1 Å². The van der Waals surface area contributed by atoms with Crippen LogP contribution in [0.25, 0.3) is 0 Å². The number of hydrogen-bond acceptors (Lipinski definition) is 5. The second-order valence-corrected chi connectivity index (χ2v) is 6.62. The predicted molar refractivity (Wildman–Crippen MR) is 106 cm³/mol. The molecule has 0 saturated heterocycles. The van der Waals surface area contributed by atoms with Gasteiger partial charge in [-0.2, -0.15) is 5.26 Å². The summed E-state index contributed by atoms with van der Waals surface area (Å²) in [5.74, 6) is 0.858. The van der Waals surface area contributed by atoms with Gasteiger partial charge in [0.25, 0.3) is 5.91 Å². The maximum Gasteiger partial charge on any atom is 0.274 e. The Morgan fingerprint density at radius 2 is 2.15 bits per heavy atom. The van der Waals surface area contributed by atoms with E-state index in [0.717, 1.165) is 13.0 Å². The highest BCUT2D eigenvalue weighted by Crippen LogP contribution is 2.20. The van der Waals surface area contributed by atoms with Crippen LogP contribution in [0.2, 0.25) is 0 Å². The Labute approximate surface area is 159 Å². The van der Waals surface area contributed by atoms with Crippen molar-refractivity contribution in [1.29, 1.82) is 5.26 Å². The number of aryl methyl sites for hydroxylation is 1. The second-order valence-electron chi connectivity index (χ2n) is 6.62. The van der Waals surface area contributed by atoms with Gasteiger partial charge in [-0.15, -0.1) is 0 Å². The normalized spacial score (nSPS) is 13.4. The molecule has 0 atom stereocenters. The molecule has 1 aliphatic rings. The number of amides is 1. The number of allylic oxidation sites excluding steroid dienone is 1. The summed E-state index contributed by atoms with van der Waals surface area (Å²) >= 11 is 0. The Hall–Kier alpha value is -3.20. The van der Waals surface area contributed by atoms with E-state index in [-0.39, 0.29) is 5.91 Å². The molecule has 1 amide bonds. The lowest BCUT2D eigenvalue weighted by molar-refractivity contribution is 0.102. The van der Waals surface area contributed by atoms with Crippen molar-refractivity contribution >= 4 is 17.4 Å². The van der Waals surface area contributed by atoms with Crippen molar-refractivity contribution in [2.24, 2.45) is 0 Å². The number of benzene rings is 1. The molecular formula is C21H23N5O. The van der Waals surface area contributed by atoms with Gasteiger partial charge in [-0.25, -0.2) is 9.97 Å². The zero-order chi connectivity index (χ0) is 19.1. The fourth-order valence-electron chi connectivity index (χ4n) is 3.12. The molecule has 1 heterocycles. The molecule has 3 rings (SSSR count). The lowest BCUT2D eigenvalue weighted by Crippen LogP contribution is -2.16. The molecule has 6 nitrogen and oxygen atoms in total. The molecule has 0 spiro atoms. The number of carbonyl (C=O) groups is 1. The van der Waals surface area contributed by atoms with Crippen molar-refractivity contribution in [3.63, 3.8) is 0 Å². The van der Waals surface area contributed by atoms with Crippen molar-refractivity contribution in [1.82, 2.24) is 9.97 Å². The number of hydrogen-bond donors (Lipinski definition) is 2. The maximum atomic E-state index is 12.5. The molecule has 2 N–H and O–H groups in total. The number of nitrogens with zero attached hydrogens (tertiary/aromatic N) is 3. The SMILES string of the molecule is Cc1nc(NCCC2=CCCCC2)cc(C(=O)Nc2cccc(C#N)c2)n1. The van der Waals surface area contributed by atoms with E-state index in [4.69, 9.17) is 5.26 Å². The Morgan fingerprint density at radius 1 is 1.26 bits per heavy atom. The molecule has 0 aliphatic heterocycles. The summed E-state index contributed by atoms with van der Waals surface area (Å²) in [6, 6.07) is 10.5. The van der Waals surface area contributed by atoms with E-state index in [1.165, 1.54) is 31.3 Å². The Bertz CT molecular complexity index is 898. The summed E-state index contributed by atoms with van der Waals surface area (Å²) in [7, 11) is 0. The third kappa shape index (κ3) is 5.38. The molecule has 6 heteroatoms. The van der Waals surface area contributed by atoms with Gasteiger partial charge >= 0.3 is 0 Å². The van der Waals surface area contributed by atoms with Crippen LogP contribution in [0.5, 0.6) is 0 Å². The average molecular weight is 361 g/mol. The number of rotatable bonds is 6. The van der Waals surface area contributed by atoms with Gasteiger partial charge < -0.3 is 10.6 Å². The van der Waals surface area contributed by atoms with Gasteiger partial charge in [0, 0.05) is 18.3 Å². The van der Waals surface area contributed by atoms with Gasteiger partial charge in [0.15, 0.2) is 0 Å². The Kier molecular flexibility index (Phi) is 6.16. The van der Waals surface area contributed by atoms with Crippen molar-refractivity contribution in [3.8, 4) is 6.07 Å². The molecule has 0 unspecified atom stereocenters. The van der Waals surface area contributed by atoms with Crippen LogP contribution in [0.15, 0.2) is 42.0 Å². The topological polar surface area (TPSA) is 90.7 Å². The van der Waals surface area contributed by atoms with Crippen LogP contribution >= 0.6 is 0 Å². The van der Waals surface area contributed by atoms with Crippen LogP contribution in [0.1, 0.15) is 54.0 Å². The van der Waals surface area contributed by atoms with E-state index < -0.39 is 0 Å². The van der Waals surface area contributed by atoms with Crippen molar-refractivity contribution < 1.29 is 4.79 Å². The number of nitrogens with one attached hydrogen (secondary N) is 2. The van der Waals surface area contributed by atoms with Crippen molar-refractivity contribution in [2.45, 2.75) is 39.0 Å². The number of aromatic nitrogens is 2. The van der Waals surface area contributed by atoms with Crippen molar-refractivity contribution in [2.75, 3.05) is 17.2 Å². The monoisotopic (exact) mass is 361 g/mol. The summed E-state index contributed by atoms with van der Waals surface area (Å²) in [6.07, 6.45) is 8.25. The third-order valence-electron chi connectivity index (χ3n) is 4.46. The fraction of sp³-hybridized carbons (Fsp3) is 0.333. The summed E-state index contributed by atoms with van der Waals surface area (Å²) < 4.78 is 0. The van der Waals surface area contributed by atoms with Crippen LogP contribution in [0, 0.1) is 18.3 Å². The number of nitriles is 1. The lowest BCUT2D eigenvalue weighted by atomic mass is 9.97. The quantitative estimate of drug-likeness (QED) is 0.752. The fourth-order valence-corrected chi connectivity index (χ4v) is 3.12. The standard InChI is InChI=1S/C21H23N5O/c1-15-24-19(21(27)26-18-9-5-8-17(12-18)14-22)13-20(25-15)23-11-10-16-6-3-2-4-7-16/h5-6,8-9,12-13H,2-4,7,10-11H2,1H3,(H,26,27)(H,23,24,25). The highest BCUT2D eigenvalue weighted by molar-refractivity contribution is 6.03. The molecule has 0 radical (unpaired) electrons. The zero-order valence-electron chi connectivity index (χ0n) is 15.5. The van der Waals surface area contributed by atoms with Crippen LogP contribution in [0.3, 0.4) is 0 Å². The molecule has 0 bridgehead atoms. The van der Waals surface area contributed by atoms with Gasteiger partial charge in [-0.05, 0) is 57.2 Å². The molecule has 0 saturated carbocycles. The highest BCUT2D eigenvalue weighted by Gasteiger charge is 2.11. The minimum Gasteiger partial charge on any atom is -0.370 e. The van der Waals surface area contributed by atoms with Crippen LogP contribution in [-0.4, -0.2) is 22.4 Å². The summed E-state index contributed by atoms with van der Waals surface area (Å²) in [6.45, 7) is 2.55. The largest absolute Gasteiger partial charge is 0.370 e. The van der Waals surface area contributed by atoms with Gasteiger partial charge in [-0.1, -0.05) is 17.7 Å². The molecule has 2 aromatic rings. The van der Waals surface area contributed by atoms with Crippen LogP contribution < -0.4 is 10.6 Å². The van der Waals surface area contributed by atoms with E-state index in [1.54, 1.807) is 37.3 Å². The molecule has 1 aromatic heterocycles. The first-order valence-corrected chi connectivity index (χ1v) is 9.23. The number of carbonyl (C=O) groups excluding carboxylic acids is 1. The van der Waals surface area contributed by atoms with E-state index in [1.807, 2.05) is 0 Å². The minimum atomic E-state index is -0.325.